The zero-order valence-corrected chi connectivity index (χ0v) is 14.2. The summed E-state index contributed by atoms with van der Waals surface area (Å²) in [5.41, 5.74) is 0.778. The van der Waals surface area contributed by atoms with Gasteiger partial charge in [0.05, 0.1) is 18.1 Å². The van der Waals surface area contributed by atoms with Crippen LogP contribution in [0, 0.1) is 10.1 Å². The molecule has 0 bridgehead atoms. The lowest BCUT2D eigenvalue weighted by molar-refractivity contribution is -0.385. The fourth-order valence-corrected chi connectivity index (χ4v) is 3.13. The molecule has 2 aromatic carbocycles. The van der Waals surface area contributed by atoms with Crippen molar-refractivity contribution in [1.82, 2.24) is 0 Å². The molecule has 0 saturated heterocycles. The zero-order valence-electron chi connectivity index (χ0n) is 13.4. The average Bonchev–Trinajstić information content (AvgIpc) is 2.54. The van der Waals surface area contributed by atoms with Gasteiger partial charge in [-0.25, -0.2) is 0 Å². The van der Waals surface area contributed by atoms with Crippen molar-refractivity contribution in [3.05, 3.63) is 58.1 Å². The van der Waals surface area contributed by atoms with Crippen LogP contribution in [0.5, 0.6) is 11.5 Å². The van der Waals surface area contributed by atoms with Crippen molar-refractivity contribution in [2.45, 2.75) is 24.7 Å². The lowest BCUT2D eigenvalue weighted by Gasteiger charge is -2.11. The van der Waals surface area contributed by atoms with E-state index in [4.69, 9.17) is 8.92 Å². The van der Waals surface area contributed by atoms with Crippen molar-refractivity contribution in [1.29, 1.82) is 0 Å². The van der Waals surface area contributed by atoms with E-state index in [1.54, 1.807) is 24.3 Å². The summed E-state index contributed by atoms with van der Waals surface area (Å²) in [5, 5.41) is 10.8. The Hall–Kier alpha value is -2.61. The molecule has 0 heterocycles. The monoisotopic (exact) mass is 351 g/mol. The van der Waals surface area contributed by atoms with E-state index in [1.165, 1.54) is 7.11 Å². The first-order valence-electron chi connectivity index (χ1n) is 7.11. The van der Waals surface area contributed by atoms with Crippen molar-refractivity contribution in [3.63, 3.8) is 0 Å². The van der Waals surface area contributed by atoms with Crippen LogP contribution in [0.2, 0.25) is 0 Å². The first-order valence-corrected chi connectivity index (χ1v) is 8.52. The highest BCUT2D eigenvalue weighted by molar-refractivity contribution is 7.87. The number of ether oxygens (including phenoxy) is 1. The minimum atomic E-state index is -4.18. The number of nitrogens with zero attached hydrogens (tertiary/aromatic N) is 1. The van der Waals surface area contributed by atoms with E-state index in [0.717, 1.165) is 23.8 Å². The van der Waals surface area contributed by atoms with Crippen molar-refractivity contribution in [2.75, 3.05) is 7.11 Å². The minimum Gasteiger partial charge on any atom is -0.495 e. The number of nitro benzene ring substituents is 1. The van der Waals surface area contributed by atoms with Crippen LogP contribution in [0.1, 0.15) is 25.3 Å². The molecule has 0 unspecified atom stereocenters. The van der Waals surface area contributed by atoms with Crippen LogP contribution < -0.4 is 8.92 Å². The highest BCUT2D eigenvalue weighted by atomic mass is 32.2. The number of hydrogen-bond acceptors (Lipinski definition) is 6. The van der Waals surface area contributed by atoms with Gasteiger partial charge in [0.15, 0.2) is 0 Å². The molecule has 0 N–H and O–H groups in total. The fraction of sp³-hybridized carbons (Fsp3) is 0.250. The Balaban J connectivity index is 2.34. The molecule has 7 nitrogen and oxygen atoms in total. The largest absolute Gasteiger partial charge is 0.495 e. The molecule has 128 valence electrons. The number of benzene rings is 2. The van der Waals surface area contributed by atoms with Crippen LogP contribution in [0.15, 0.2) is 47.4 Å². The van der Waals surface area contributed by atoms with Crippen LogP contribution in [0.3, 0.4) is 0 Å². The molecule has 0 aliphatic carbocycles. The number of nitro groups is 1. The van der Waals surface area contributed by atoms with Gasteiger partial charge in [0.2, 0.25) is 0 Å². The van der Waals surface area contributed by atoms with Gasteiger partial charge in [-0.2, -0.15) is 8.42 Å². The molecular weight excluding hydrogens is 334 g/mol. The fourth-order valence-electron chi connectivity index (χ4n) is 2.06. The standard InChI is InChI=1S/C16H17NO6S/c1-11(2)12-4-7-14(8-5-12)23-24(20,21)16-9-6-13(17(18)19)10-15(16)22-3/h4-11H,1-3H3. The molecule has 0 fully saturated rings. The third kappa shape index (κ3) is 3.83. The van der Waals surface area contributed by atoms with Gasteiger partial charge in [-0.3, -0.25) is 10.1 Å². The second-order valence-corrected chi connectivity index (χ2v) is 6.87. The molecule has 0 radical (unpaired) electrons. The highest BCUT2D eigenvalue weighted by Gasteiger charge is 2.24. The van der Waals surface area contributed by atoms with E-state index in [1.807, 2.05) is 13.8 Å². The smallest absolute Gasteiger partial charge is 0.342 e. The van der Waals surface area contributed by atoms with Crippen LogP contribution in [-0.2, 0) is 10.1 Å². The number of non-ortho nitro benzene ring substituents is 1. The predicted molar refractivity (Wildman–Crippen MR) is 88.0 cm³/mol. The molecule has 0 aliphatic heterocycles. The summed E-state index contributed by atoms with van der Waals surface area (Å²) in [6.45, 7) is 4.04. The molecule has 0 aromatic heterocycles. The van der Waals surface area contributed by atoms with E-state index in [-0.39, 0.29) is 22.1 Å². The van der Waals surface area contributed by atoms with Crippen LogP contribution in [0.4, 0.5) is 5.69 Å². The molecule has 2 rings (SSSR count). The van der Waals surface area contributed by atoms with Gasteiger partial charge in [0, 0.05) is 6.07 Å². The molecule has 0 saturated carbocycles. The average molecular weight is 351 g/mol. The summed E-state index contributed by atoms with van der Waals surface area (Å²) in [4.78, 5) is 9.87. The molecule has 0 amide bonds. The Morgan fingerprint density at radius 2 is 1.71 bits per heavy atom. The topological polar surface area (TPSA) is 95.7 Å². The third-order valence-corrected chi connectivity index (χ3v) is 4.67. The maximum Gasteiger partial charge on any atom is 0.342 e. The normalized spacial score (nSPS) is 11.3. The summed E-state index contributed by atoms with van der Waals surface area (Å²) < 4.78 is 34.9. The van der Waals surface area contributed by atoms with Crippen LogP contribution >= 0.6 is 0 Å². The second-order valence-electron chi connectivity index (χ2n) is 5.35. The van der Waals surface area contributed by atoms with Gasteiger partial charge >= 0.3 is 10.1 Å². The van der Waals surface area contributed by atoms with Crippen molar-refractivity contribution in [2.24, 2.45) is 0 Å². The van der Waals surface area contributed by atoms with Gasteiger partial charge in [0.25, 0.3) is 5.69 Å². The molecular formula is C16H17NO6S. The number of hydrogen-bond donors (Lipinski definition) is 0. The van der Waals surface area contributed by atoms with Crippen LogP contribution in [0.25, 0.3) is 0 Å². The Labute approximate surface area is 140 Å². The number of rotatable bonds is 6. The van der Waals surface area contributed by atoms with E-state index < -0.39 is 15.0 Å². The summed E-state index contributed by atoms with van der Waals surface area (Å²) in [6, 6.07) is 9.90. The van der Waals surface area contributed by atoms with E-state index in [0.29, 0.717) is 5.92 Å². The molecule has 2 aromatic rings. The Bertz CT molecular complexity index is 843. The van der Waals surface area contributed by atoms with Gasteiger partial charge in [-0.1, -0.05) is 26.0 Å². The first kappa shape index (κ1) is 17.7. The minimum absolute atomic E-state index is 0.150. The molecule has 8 heteroatoms. The van der Waals surface area contributed by atoms with E-state index in [9.17, 15) is 18.5 Å². The number of methoxy groups -OCH3 is 1. The summed E-state index contributed by atoms with van der Waals surface area (Å²) >= 11 is 0. The summed E-state index contributed by atoms with van der Waals surface area (Å²) in [7, 11) is -2.95. The molecule has 24 heavy (non-hydrogen) atoms. The Morgan fingerprint density at radius 3 is 2.21 bits per heavy atom. The Kier molecular flexibility index (Phi) is 5.08. The van der Waals surface area contributed by atoms with Crippen molar-refractivity contribution in [3.8, 4) is 11.5 Å². The van der Waals surface area contributed by atoms with Gasteiger partial charge in [-0.15, -0.1) is 0 Å². The quantitative estimate of drug-likeness (QED) is 0.449. The van der Waals surface area contributed by atoms with Gasteiger partial charge in [0.1, 0.15) is 16.4 Å². The maximum atomic E-state index is 12.4. The highest BCUT2D eigenvalue weighted by Crippen LogP contribution is 2.30. The first-order chi connectivity index (χ1) is 11.2. The Morgan fingerprint density at radius 1 is 1.08 bits per heavy atom. The van der Waals surface area contributed by atoms with Crippen molar-refractivity contribution < 1.29 is 22.3 Å². The van der Waals surface area contributed by atoms with Gasteiger partial charge < -0.3 is 8.92 Å². The van der Waals surface area contributed by atoms with Crippen LogP contribution in [-0.4, -0.2) is 20.5 Å². The lowest BCUT2D eigenvalue weighted by Crippen LogP contribution is -2.11. The van der Waals surface area contributed by atoms with E-state index in [2.05, 4.69) is 0 Å². The van der Waals surface area contributed by atoms with Gasteiger partial charge in [-0.05, 0) is 29.7 Å². The van der Waals surface area contributed by atoms with Crippen molar-refractivity contribution >= 4 is 15.8 Å². The summed E-state index contributed by atoms with van der Waals surface area (Å²) in [5.74, 6) is 0.313. The summed E-state index contributed by atoms with van der Waals surface area (Å²) in [6.07, 6.45) is 0. The zero-order chi connectivity index (χ0) is 17.9. The molecule has 0 aliphatic rings. The van der Waals surface area contributed by atoms with E-state index >= 15 is 0 Å². The second kappa shape index (κ2) is 6.88. The SMILES string of the molecule is COc1cc([N+](=O)[O-])ccc1S(=O)(=O)Oc1ccc(C(C)C)cc1. The molecule has 0 atom stereocenters. The predicted octanol–water partition coefficient (Wildman–Crippen LogP) is 3.49. The maximum absolute atomic E-state index is 12.4. The lowest BCUT2D eigenvalue weighted by atomic mass is 10.0. The third-order valence-electron chi connectivity index (χ3n) is 3.38. The molecule has 0 spiro atoms.